The van der Waals surface area contributed by atoms with Crippen LogP contribution in [0.5, 0.6) is 0 Å². The average Bonchev–Trinajstić information content (AvgIpc) is 2.53. The Morgan fingerprint density at radius 3 is 3.07 bits per heavy atom. The molecule has 0 aromatic carbocycles. The van der Waals surface area contributed by atoms with Crippen molar-refractivity contribution in [2.75, 3.05) is 6.54 Å². The zero-order valence-corrected chi connectivity index (χ0v) is 8.57. The predicted octanol–water partition coefficient (Wildman–Crippen LogP) is 1.01. The van der Waals surface area contributed by atoms with E-state index in [9.17, 15) is 4.79 Å². The zero-order valence-electron chi connectivity index (χ0n) is 8.57. The van der Waals surface area contributed by atoms with Crippen molar-refractivity contribution in [1.29, 1.82) is 0 Å². The van der Waals surface area contributed by atoms with Gasteiger partial charge in [0.1, 0.15) is 0 Å². The van der Waals surface area contributed by atoms with Crippen molar-refractivity contribution in [2.24, 2.45) is 23.0 Å². The number of terminal acetylenes is 1. The highest BCUT2D eigenvalue weighted by atomic mass is 16.4. The molecule has 0 aromatic rings. The van der Waals surface area contributed by atoms with Crippen LogP contribution in [-0.4, -0.2) is 17.6 Å². The number of fused-ring (bicyclic) bond motifs is 1. The van der Waals surface area contributed by atoms with Gasteiger partial charge in [-0.2, -0.15) is 0 Å². The standard InChI is InChI=1S/C12H15NO2/c1-2-8-3-9-5-12(7-13,6-11(14)15)10(9)4-8/h1,4,9-10H,3,5-7,13H2,(H,14,15)/t9-,10+,12+/m0/s1. The number of hydrogen-bond donors (Lipinski definition) is 2. The molecule has 3 atom stereocenters. The Balaban J connectivity index is 2.16. The maximum atomic E-state index is 10.8. The highest BCUT2D eigenvalue weighted by Gasteiger charge is 2.54. The fourth-order valence-electron chi connectivity index (χ4n) is 3.09. The van der Waals surface area contributed by atoms with Crippen LogP contribution in [0.3, 0.4) is 0 Å². The van der Waals surface area contributed by atoms with Crippen LogP contribution < -0.4 is 5.73 Å². The number of carbonyl (C=O) groups is 1. The van der Waals surface area contributed by atoms with Crippen LogP contribution in [0.15, 0.2) is 11.6 Å². The van der Waals surface area contributed by atoms with Crippen LogP contribution in [0.25, 0.3) is 0 Å². The Morgan fingerprint density at radius 1 is 1.80 bits per heavy atom. The molecule has 0 radical (unpaired) electrons. The van der Waals surface area contributed by atoms with Gasteiger partial charge in [0.25, 0.3) is 0 Å². The van der Waals surface area contributed by atoms with Gasteiger partial charge >= 0.3 is 5.97 Å². The second-order valence-electron chi connectivity index (χ2n) is 4.67. The van der Waals surface area contributed by atoms with Crippen LogP contribution >= 0.6 is 0 Å². The summed E-state index contributed by atoms with van der Waals surface area (Å²) in [5.41, 5.74) is 6.51. The molecule has 3 N–H and O–H groups in total. The molecular formula is C12H15NO2. The average molecular weight is 205 g/mol. The Labute approximate surface area is 89.3 Å². The van der Waals surface area contributed by atoms with E-state index in [0.717, 1.165) is 18.4 Å². The minimum absolute atomic E-state index is 0.166. The first-order valence-electron chi connectivity index (χ1n) is 5.20. The molecule has 0 aromatic heterocycles. The van der Waals surface area contributed by atoms with Gasteiger partial charge in [-0.3, -0.25) is 4.79 Å². The molecule has 80 valence electrons. The molecule has 2 aliphatic rings. The van der Waals surface area contributed by atoms with Gasteiger partial charge in [0.15, 0.2) is 0 Å². The van der Waals surface area contributed by atoms with Gasteiger partial charge in [0.05, 0.1) is 6.42 Å². The molecule has 1 saturated carbocycles. The molecule has 0 spiro atoms. The Hall–Kier alpha value is -1.27. The number of allylic oxidation sites excluding steroid dienone is 2. The van der Waals surface area contributed by atoms with Gasteiger partial charge in [0, 0.05) is 0 Å². The summed E-state index contributed by atoms with van der Waals surface area (Å²) in [4.78, 5) is 10.8. The molecule has 0 saturated heterocycles. The summed E-state index contributed by atoms with van der Waals surface area (Å²) in [5, 5.41) is 8.87. The topological polar surface area (TPSA) is 63.3 Å². The number of aliphatic carboxylic acids is 1. The zero-order chi connectivity index (χ0) is 11.1. The molecule has 3 nitrogen and oxygen atoms in total. The fourth-order valence-corrected chi connectivity index (χ4v) is 3.09. The summed E-state index contributed by atoms with van der Waals surface area (Å²) < 4.78 is 0. The number of hydrogen-bond acceptors (Lipinski definition) is 2. The van der Waals surface area contributed by atoms with Crippen LogP contribution in [0.4, 0.5) is 0 Å². The molecule has 0 heterocycles. The lowest BCUT2D eigenvalue weighted by atomic mass is 9.53. The molecule has 0 amide bonds. The van der Waals surface area contributed by atoms with Gasteiger partial charge in [-0.25, -0.2) is 0 Å². The second-order valence-corrected chi connectivity index (χ2v) is 4.67. The smallest absolute Gasteiger partial charge is 0.303 e. The van der Waals surface area contributed by atoms with Gasteiger partial charge in [-0.05, 0) is 42.2 Å². The van der Waals surface area contributed by atoms with Crippen LogP contribution in [0.2, 0.25) is 0 Å². The van der Waals surface area contributed by atoms with E-state index in [1.165, 1.54) is 0 Å². The monoisotopic (exact) mass is 205 g/mol. The van der Waals surface area contributed by atoms with Crippen molar-refractivity contribution in [2.45, 2.75) is 19.3 Å². The third-order valence-electron chi connectivity index (χ3n) is 3.84. The van der Waals surface area contributed by atoms with Crippen molar-refractivity contribution in [3.05, 3.63) is 11.6 Å². The number of carboxylic acids is 1. The SMILES string of the molecule is C#CC1=C[C@@H]2[C@@H](C1)C[C@]2(CN)CC(=O)O. The van der Waals surface area contributed by atoms with Crippen LogP contribution in [0.1, 0.15) is 19.3 Å². The first kappa shape index (κ1) is 10.3. The number of rotatable bonds is 3. The quantitative estimate of drug-likeness (QED) is 0.676. The molecule has 0 unspecified atom stereocenters. The van der Waals surface area contributed by atoms with Crippen molar-refractivity contribution in [3.8, 4) is 12.3 Å². The molecule has 3 heteroatoms. The number of carboxylic acid groups (broad SMARTS) is 1. The summed E-state index contributed by atoms with van der Waals surface area (Å²) in [6, 6.07) is 0. The van der Waals surface area contributed by atoms with E-state index in [-0.39, 0.29) is 11.8 Å². The Morgan fingerprint density at radius 2 is 2.53 bits per heavy atom. The normalized spacial score (nSPS) is 37.5. The summed E-state index contributed by atoms with van der Waals surface area (Å²) in [5.74, 6) is 2.73. The van der Waals surface area contributed by atoms with Crippen LogP contribution in [-0.2, 0) is 4.79 Å². The van der Waals surface area contributed by atoms with E-state index in [1.807, 2.05) is 0 Å². The minimum Gasteiger partial charge on any atom is -0.481 e. The summed E-state index contributed by atoms with van der Waals surface area (Å²) in [7, 11) is 0. The third-order valence-corrected chi connectivity index (χ3v) is 3.84. The lowest BCUT2D eigenvalue weighted by molar-refractivity contribution is -0.144. The van der Waals surface area contributed by atoms with Gasteiger partial charge < -0.3 is 10.8 Å². The molecular weight excluding hydrogens is 190 g/mol. The highest BCUT2D eigenvalue weighted by Crippen LogP contribution is 2.59. The van der Waals surface area contributed by atoms with Gasteiger partial charge in [0.2, 0.25) is 0 Å². The van der Waals surface area contributed by atoms with E-state index in [1.54, 1.807) is 0 Å². The van der Waals surface area contributed by atoms with E-state index < -0.39 is 5.97 Å². The van der Waals surface area contributed by atoms with Crippen LogP contribution in [0, 0.1) is 29.6 Å². The third kappa shape index (κ3) is 1.46. The maximum absolute atomic E-state index is 10.8. The first-order chi connectivity index (χ1) is 7.11. The van der Waals surface area contributed by atoms with E-state index in [4.69, 9.17) is 17.3 Å². The highest BCUT2D eigenvalue weighted by molar-refractivity contribution is 5.68. The molecule has 1 fully saturated rings. The maximum Gasteiger partial charge on any atom is 0.303 e. The lowest BCUT2D eigenvalue weighted by Gasteiger charge is -2.51. The van der Waals surface area contributed by atoms with Crippen molar-refractivity contribution in [1.82, 2.24) is 0 Å². The van der Waals surface area contributed by atoms with Gasteiger partial charge in [-0.1, -0.05) is 12.0 Å². The Kier molecular flexibility index (Phi) is 2.32. The molecule has 0 bridgehead atoms. The van der Waals surface area contributed by atoms with Crippen molar-refractivity contribution in [3.63, 3.8) is 0 Å². The van der Waals surface area contributed by atoms with Gasteiger partial charge in [-0.15, -0.1) is 6.42 Å². The van der Waals surface area contributed by atoms with E-state index in [2.05, 4.69) is 12.0 Å². The fraction of sp³-hybridized carbons (Fsp3) is 0.583. The summed E-state index contributed by atoms with van der Waals surface area (Å²) in [6.45, 7) is 0.439. The predicted molar refractivity (Wildman–Crippen MR) is 56.9 cm³/mol. The summed E-state index contributed by atoms with van der Waals surface area (Å²) >= 11 is 0. The lowest BCUT2D eigenvalue weighted by Crippen LogP contribution is -2.51. The largest absolute Gasteiger partial charge is 0.481 e. The van der Waals surface area contributed by atoms with Crippen molar-refractivity contribution >= 4 is 5.97 Å². The van der Waals surface area contributed by atoms with Crippen molar-refractivity contribution < 1.29 is 9.90 Å². The second kappa shape index (κ2) is 3.39. The van der Waals surface area contributed by atoms with E-state index in [0.29, 0.717) is 18.4 Å². The summed E-state index contributed by atoms with van der Waals surface area (Å²) in [6.07, 6.45) is 9.41. The molecule has 15 heavy (non-hydrogen) atoms. The first-order valence-corrected chi connectivity index (χ1v) is 5.20. The number of nitrogens with two attached hydrogens (primary N) is 1. The molecule has 2 aliphatic carbocycles. The van der Waals surface area contributed by atoms with E-state index >= 15 is 0 Å². The molecule has 0 aliphatic heterocycles. The minimum atomic E-state index is -0.763. The molecule has 2 rings (SSSR count). The Bertz CT molecular complexity index is 366.